The summed E-state index contributed by atoms with van der Waals surface area (Å²) in [5.74, 6) is -1.14. The van der Waals surface area contributed by atoms with Crippen LogP contribution in [0.4, 0.5) is 14.5 Å². The Labute approximate surface area is 132 Å². The quantitative estimate of drug-likeness (QED) is 0.909. The molecule has 116 valence electrons. The van der Waals surface area contributed by atoms with E-state index in [4.69, 9.17) is 11.6 Å². The van der Waals surface area contributed by atoms with Gasteiger partial charge in [-0.15, -0.1) is 0 Å². The summed E-state index contributed by atoms with van der Waals surface area (Å²) < 4.78 is 26.6. The van der Waals surface area contributed by atoms with Crippen LogP contribution in [0.25, 0.3) is 0 Å². The van der Waals surface area contributed by atoms with E-state index in [1.807, 2.05) is 0 Å². The number of hydrogen-bond acceptors (Lipinski definition) is 2. The Morgan fingerprint density at radius 3 is 2.59 bits per heavy atom. The third kappa shape index (κ3) is 4.51. The molecular formula is C16H15ClF2N2O. The van der Waals surface area contributed by atoms with Crippen LogP contribution in [0.2, 0.25) is 5.02 Å². The maximum Gasteiger partial charge on any atom is 0.238 e. The standard InChI is InChI=1S/C16H15ClF2N2O/c1-21(9-11-4-2-3-5-14(11)18)10-16(22)20-12-6-7-15(19)13(17)8-12/h2-8H,9-10H2,1H3,(H,20,22). The van der Waals surface area contributed by atoms with Crippen LogP contribution >= 0.6 is 11.6 Å². The number of amides is 1. The number of nitrogens with zero attached hydrogens (tertiary/aromatic N) is 1. The number of rotatable bonds is 5. The highest BCUT2D eigenvalue weighted by molar-refractivity contribution is 6.31. The maximum absolute atomic E-state index is 13.5. The fraction of sp³-hybridized carbons (Fsp3) is 0.188. The molecule has 0 radical (unpaired) electrons. The predicted molar refractivity (Wildman–Crippen MR) is 82.8 cm³/mol. The van der Waals surface area contributed by atoms with Crippen molar-refractivity contribution in [1.82, 2.24) is 4.90 Å². The fourth-order valence-corrected chi connectivity index (χ4v) is 2.17. The first-order valence-electron chi connectivity index (χ1n) is 6.62. The molecule has 0 fully saturated rings. The third-order valence-corrected chi connectivity index (χ3v) is 3.30. The molecule has 0 aromatic heterocycles. The van der Waals surface area contributed by atoms with Gasteiger partial charge >= 0.3 is 0 Å². The van der Waals surface area contributed by atoms with Crippen LogP contribution in [0, 0.1) is 11.6 Å². The SMILES string of the molecule is CN(CC(=O)Nc1ccc(F)c(Cl)c1)Cc1ccccc1F. The highest BCUT2D eigenvalue weighted by atomic mass is 35.5. The summed E-state index contributed by atoms with van der Waals surface area (Å²) >= 11 is 5.65. The molecule has 0 aliphatic heterocycles. The van der Waals surface area contributed by atoms with Gasteiger partial charge in [-0.25, -0.2) is 8.78 Å². The van der Waals surface area contributed by atoms with Crippen LogP contribution in [0.3, 0.4) is 0 Å². The van der Waals surface area contributed by atoms with Gasteiger partial charge in [0.25, 0.3) is 0 Å². The Morgan fingerprint density at radius 2 is 1.91 bits per heavy atom. The van der Waals surface area contributed by atoms with Crippen molar-refractivity contribution in [2.24, 2.45) is 0 Å². The van der Waals surface area contributed by atoms with Crippen LogP contribution in [0.5, 0.6) is 0 Å². The molecule has 1 N–H and O–H groups in total. The van der Waals surface area contributed by atoms with Gasteiger partial charge in [-0.3, -0.25) is 9.69 Å². The van der Waals surface area contributed by atoms with Crippen LogP contribution in [0.15, 0.2) is 42.5 Å². The van der Waals surface area contributed by atoms with Crippen molar-refractivity contribution in [2.75, 3.05) is 18.9 Å². The van der Waals surface area contributed by atoms with E-state index < -0.39 is 5.82 Å². The van der Waals surface area contributed by atoms with Crippen LogP contribution in [-0.4, -0.2) is 24.4 Å². The van der Waals surface area contributed by atoms with E-state index in [1.54, 1.807) is 30.1 Å². The molecule has 2 rings (SSSR count). The minimum Gasteiger partial charge on any atom is -0.325 e. The number of benzene rings is 2. The summed E-state index contributed by atoms with van der Waals surface area (Å²) in [6, 6.07) is 10.4. The van der Waals surface area contributed by atoms with Gasteiger partial charge < -0.3 is 5.32 Å². The lowest BCUT2D eigenvalue weighted by atomic mass is 10.2. The molecule has 0 bridgehead atoms. The lowest BCUT2D eigenvalue weighted by Crippen LogP contribution is -2.30. The monoisotopic (exact) mass is 324 g/mol. The van der Waals surface area contributed by atoms with Gasteiger partial charge in [0.05, 0.1) is 11.6 Å². The van der Waals surface area contributed by atoms with E-state index in [2.05, 4.69) is 5.32 Å². The first kappa shape index (κ1) is 16.4. The first-order valence-corrected chi connectivity index (χ1v) is 7.00. The minimum atomic E-state index is -0.545. The van der Waals surface area contributed by atoms with E-state index in [1.165, 1.54) is 24.3 Å². The van der Waals surface area contributed by atoms with Gasteiger partial charge in [-0.2, -0.15) is 0 Å². The molecule has 22 heavy (non-hydrogen) atoms. The molecule has 0 saturated heterocycles. The van der Waals surface area contributed by atoms with E-state index >= 15 is 0 Å². The van der Waals surface area contributed by atoms with Crippen LogP contribution < -0.4 is 5.32 Å². The molecule has 0 saturated carbocycles. The molecule has 0 aliphatic rings. The van der Waals surface area contributed by atoms with Crippen molar-refractivity contribution in [3.63, 3.8) is 0 Å². The van der Waals surface area contributed by atoms with Crippen molar-refractivity contribution >= 4 is 23.2 Å². The molecule has 0 spiro atoms. The molecule has 2 aromatic rings. The summed E-state index contributed by atoms with van der Waals surface area (Å²) in [5.41, 5.74) is 0.929. The zero-order valence-electron chi connectivity index (χ0n) is 11.9. The van der Waals surface area contributed by atoms with Crippen molar-refractivity contribution in [3.8, 4) is 0 Å². The third-order valence-electron chi connectivity index (χ3n) is 3.01. The molecule has 3 nitrogen and oxygen atoms in total. The van der Waals surface area contributed by atoms with Crippen LogP contribution in [0.1, 0.15) is 5.56 Å². The highest BCUT2D eigenvalue weighted by Gasteiger charge is 2.10. The summed E-state index contributed by atoms with van der Waals surface area (Å²) in [4.78, 5) is 13.6. The Hall–Kier alpha value is -1.98. The number of carbonyl (C=O) groups excluding carboxylic acids is 1. The molecule has 0 atom stereocenters. The zero-order chi connectivity index (χ0) is 16.1. The Balaban J connectivity index is 1.91. The summed E-state index contributed by atoms with van der Waals surface area (Å²) in [6.45, 7) is 0.383. The first-order chi connectivity index (χ1) is 10.5. The van der Waals surface area contributed by atoms with Gasteiger partial charge in [-0.1, -0.05) is 29.8 Å². The number of nitrogens with one attached hydrogen (secondary N) is 1. The van der Waals surface area contributed by atoms with Crippen LogP contribution in [-0.2, 0) is 11.3 Å². The number of halogens is 3. The molecule has 1 amide bonds. The Bertz CT molecular complexity index is 679. The van der Waals surface area contributed by atoms with Gasteiger partial charge in [0, 0.05) is 17.8 Å². The zero-order valence-corrected chi connectivity index (χ0v) is 12.7. The average molecular weight is 325 g/mol. The van der Waals surface area contributed by atoms with Crippen molar-refractivity contribution in [3.05, 3.63) is 64.7 Å². The lowest BCUT2D eigenvalue weighted by Gasteiger charge is -2.16. The number of likely N-dealkylation sites (N-methyl/N-ethyl adjacent to an activating group) is 1. The molecule has 6 heteroatoms. The largest absolute Gasteiger partial charge is 0.325 e. The number of hydrogen-bond donors (Lipinski definition) is 1. The lowest BCUT2D eigenvalue weighted by molar-refractivity contribution is -0.117. The van der Waals surface area contributed by atoms with Gasteiger partial charge in [0.2, 0.25) is 5.91 Å². The second kappa shape index (κ2) is 7.33. The molecule has 2 aromatic carbocycles. The van der Waals surface area contributed by atoms with E-state index in [0.717, 1.165) is 0 Å². The molecule has 0 unspecified atom stereocenters. The summed E-state index contributed by atoms with van der Waals surface area (Å²) in [7, 11) is 1.71. The normalized spacial score (nSPS) is 10.8. The van der Waals surface area contributed by atoms with Crippen molar-refractivity contribution < 1.29 is 13.6 Å². The van der Waals surface area contributed by atoms with E-state index in [9.17, 15) is 13.6 Å². The molecular weight excluding hydrogens is 310 g/mol. The van der Waals surface area contributed by atoms with Crippen molar-refractivity contribution in [1.29, 1.82) is 0 Å². The highest BCUT2D eigenvalue weighted by Crippen LogP contribution is 2.19. The number of anilines is 1. The summed E-state index contributed by atoms with van der Waals surface area (Å²) in [5, 5.41) is 2.56. The smallest absolute Gasteiger partial charge is 0.238 e. The average Bonchev–Trinajstić information content (AvgIpc) is 2.45. The second-order valence-electron chi connectivity index (χ2n) is 4.94. The topological polar surface area (TPSA) is 32.3 Å². The molecule has 0 heterocycles. The van der Waals surface area contributed by atoms with Gasteiger partial charge in [0.1, 0.15) is 11.6 Å². The Morgan fingerprint density at radius 1 is 1.18 bits per heavy atom. The second-order valence-corrected chi connectivity index (χ2v) is 5.35. The van der Waals surface area contributed by atoms with Gasteiger partial charge in [-0.05, 0) is 31.3 Å². The van der Waals surface area contributed by atoms with Crippen molar-refractivity contribution in [2.45, 2.75) is 6.54 Å². The van der Waals surface area contributed by atoms with E-state index in [0.29, 0.717) is 17.8 Å². The fourth-order valence-electron chi connectivity index (χ4n) is 1.99. The number of carbonyl (C=O) groups is 1. The predicted octanol–water partition coefficient (Wildman–Crippen LogP) is 3.69. The minimum absolute atomic E-state index is 0.0579. The van der Waals surface area contributed by atoms with Gasteiger partial charge in [0.15, 0.2) is 0 Å². The Kier molecular flexibility index (Phi) is 5.46. The summed E-state index contributed by atoms with van der Waals surface area (Å²) in [6.07, 6.45) is 0. The van der Waals surface area contributed by atoms with E-state index in [-0.39, 0.29) is 23.3 Å². The maximum atomic E-state index is 13.5. The molecule has 0 aliphatic carbocycles.